The molecular formula is C35H34N6O5S. The van der Waals surface area contributed by atoms with Crippen molar-refractivity contribution in [1.82, 2.24) is 25.1 Å². The molecule has 0 unspecified atom stereocenters. The lowest BCUT2D eigenvalue weighted by Gasteiger charge is -2.22. The molecule has 2 aromatic heterocycles. The number of amides is 2. The van der Waals surface area contributed by atoms with Crippen LogP contribution >= 0.6 is 11.8 Å². The van der Waals surface area contributed by atoms with E-state index in [2.05, 4.69) is 15.5 Å². The van der Waals surface area contributed by atoms with Crippen LogP contribution in [0.4, 0.5) is 0 Å². The quantitative estimate of drug-likeness (QED) is 0.164. The lowest BCUT2D eigenvalue weighted by Crippen LogP contribution is -2.28. The first kappa shape index (κ1) is 31.6. The van der Waals surface area contributed by atoms with Crippen LogP contribution in [0.2, 0.25) is 0 Å². The number of nitrogens with zero attached hydrogens (tertiary/aromatic N) is 5. The summed E-state index contributed by atoms with van der Waals surface area (Å²) in [4.78, 5) is 26.5. The molecule has 3 aromatic carbocycles. The average molecular weight is 651 g/mol. The molecule has 240 valence electrons. The summed E-state index contributed by atoms with van der Waals surface area (Å²) in [6.07, 6.45) is 2.02. The molecule has 5 aromatic rings. The van der Waals surface area contributed by atoms with Crippen LogP contribution in [0, 0.1) is 6.92 Å². The van der Waals surface area contributed by atoms with Crippen molar-refractivity contribution in [3.8, 4) is 17.2 Å². The number of thioether (sulfide) groups is 1. The van der Waals surface area contributed by atoms with E-state index in [1.165, 1.54) is 18.0 Å². The van der Waals surface area contributed by atoms with Gasteiger partial charge in [0.25, 0.3) is 11.8 Å². The van der Waals surface area contributed by atoms with Gasteiger partial charge >= 0.3 is 0 Å². The lowest BCUT2D eigenvalue weighted by molar-refractivity contribution is -0.130. The van der Waals surface area contributed by atoms with Gasteiger partial charge < -0.3 is 19.2 Å². The molecule has 0 bridgehead atoms. The van der Waals surface area contributed by atoms with Crippen molar-refractivity contribution in [2.75, 3.05) is 19.5 Å². The molecule has 1 N–H and O–H groups in total. The van der Waals surface area contributed by atoms with Crippen molar-refractivity contribution in [3.05, 3.63) is 119 Å². The minimum absolute atomic E-state index is 0.0651. The molecule has 0 spiro atoms. The number of nitrogens with one attached hydrogen (secondary N) is 1. The monoisotopic (exact) mass is 650 g/mol. The highest BCUT2D eigenvalue weighted by molar-refractivity contribution is 7.99. The van der Waals surface area contributed by atoms with Gasteiger partial charge in [-0.25, -0.2) is 5.01 Å². The Kier molecular flexibility index (Phi) is 9.67. The standard InChI is InChI=1S/C35H34N6O5S/c1-4-45-28-17-13-26(14-18-28)40-32(21-36-34(43)31-6-5-19-46-31)37-38-35(40)47-22-33(42)41-30(25-9-7-23(2)8-10-25)20-29(39-41)24-11-15-27(44-3)16-12-24/h5-19,30H,4,20-22H2,1-3H3,(H,36,43)/t30-/m1/s1. The van der Waals surface area contributed by atoms with Crippen molar-refractivity contribution in [2.45, 2.75) is 38.0 Å². The molecule has 0 aliphatic carbocycles. The van der Waals surface area contributed by atoms with Crippen LogP contribution in [-0.4, -0.2) is 56.8 Å². The number of furan rings is 1. The van der Waals surface area contributed by atoms with Crippen LogP contribution in [0.3, 0.4) is 0 Å². The van der Waals surface area contributed by atoms with Crippen LogP contribution < -0.4 is 14.8 Å². The van der Waals surface area contributed by atoms with Crippen LogP contribution in [0.1, 0.15) is 52.5 Å². The first-order valence-corrected chi connectivity index (χ1v) is 16.1. The van der Waals surface area contributed by atoms with E-state index in [1.54, 1.807) is 24.3 Å². The number of hydrogen-bond donors (Lipinski definition) is 1. The van der Waals surface area contributed by atoms with Gasteiger partial charge in [0.2, 0.25) is 0 Å². The topological polar surface area (TPSA) is 124 Å². The number of hydrazone groups is 1. The van der Waals surface area contributed by atoms with Crippen LogP contribution in [0.15, 0.2) is 106 Å². The third-order valence-electron chi connectivity index (χ3n) is 7.63. The van der Waals surface area contributed by atoms with E-state index in [9.17, 15) is 9.59 Å². The maximum Gasteiger partial charge on any atom is 0.287 e. The second kappa shape index (κ2) is 14.4. The Labute approximate surface area is 276 Å². The van der Waals surface area contributed by atoms with E-state index in [0.717, 1.165) is 39.6 Å². The van der Waals surface area contributed by atoms with Gasteiger partial charge in [0, 0.05) is 12.1 Å². The first-order valence-electron chi connectivity index (χ1n) is 15.2. The largest absolute Gasteiger partial charge is 0.497 e. The van der Waals surface area contributed by atoms with E-state index in [-0.39, 0.29) is 35.9 Å². The molecule has 0 radical (unpaired) electrons. The fourth-order valence-electron chi connectivity index (χ4n) is 5.22. The maximum atomic E-state index is 13.9. The zero-order valence-corrected chi connectivity index (χ0v) is 27.1. The number of carbonyl (C=O) groups is 2. The molecule has 11 nitrogen and oxygen atoms in total. The Hall–Kier alpha value is -5.36. The summed E-state index contributed by atoms with van der Waals surface area (Å²) in [5, 5.41) is 18.5. The Morgan fingerprint density at radius 3 is 2.40 bits per heavy atom. The molecule has 47 heavy (non-hydrogen) atoms. The van der Waals surface area contributed by atoms with Crippen molar-refractivity contribution in [2.24, 2.45) is 5.10 Å². The Bertz CT molecular complexity index is 1850. The predicted molar refractivity (Wildman–Crippen MR) is 178 cm³/mol. The number of hydrogen-bond acceptors (Lipinski definition) is 9. The Balaban J connectivity index is 1.25. The number of rotatable bonds is 12. The molecule has 1 aliphatic heterocycles. The summed E-state index contributed by atoms with van der Waals surface area (Å²) in [6, 6.07) is 26.3. The fourth-order valence-corrected chi connectivity index (χ4v) is 6.04. The molecule has 2 amide bonds. The van der Waals surface area contributed by atoms with Gasteiger partial charge in [0.15, 0.2) is 16.7 Å². The van der Waals surface area contributed by atoms with Crippen molar-refractivity contribution >= 4 is 29.3 Å². The van der Waals surface area contributed by atoms with E-state index in [0.29, 0.717) is 24.0 Å². The first-order chi connectivity index (χ1) is 22.9. The summed E-state index contributed by atoms with van der Waals surface area (Å²) < 4.78 is 18.0. The van der Waals surface area contributed by atoms with E-state index in [1.807, 2.05) is 91.2 Å². The molecule has 12 heteroatoms. The zero-order valence-electron chi connectivity index (χ0n) is 26.3. The van der Waals surface area contributed by atoms with Gasteiger partial charge in [-0.2, -0.15) is 5.10 Å². The van der Waals surface area contributed by atoms with Gasteiger partial charge in [0.05, 0.1) is 44.0 Å². The lowest BCUT2D eigenvalue weighted by atomic mass is 9.97. The summed E-state index contributed by atoms with van der Waals surface area (Å²) >= 11 is 1.26. The van der Waals surface area contributed by atoms with Gasteiger partial charge in [-0.1, -0.05) is 41.6 Å². The van der Waals surface area contributed by atoms with Crippen LogP contribution in [0.25, 0.3) is 5.69 Å². The SMILES string of the molecule is CCOc1ccc(-n2c(CNC(=O)c3ccco3)nnc2SCC(=O)N2N=C(c3ccc(OC)cc3)C[C@@H]2c2ccc(C)cc2)cc1. The molecule has 0 saturated heterocycles. The molecule has 3 heterocycles. The number of ether oxygens (including phenoxy) is 2. The Morgan fingerprint density at radius 2 is 1.72 bits per heavy atom. The second-order valence-electron chi connectivity index (χ2n) is 10.8. The number of benzene rings is 3. The molecule has 6 rings (SSSR count). The Morgan fingerprint density at radius 1 is 0.979 bits per heavy atom. The summed E-state index contributed by atoms with van der Waals surface area (Å²) in [5.74, 6) is 1.69. The van der Waals surface area contributed by atoms with Crippen molar-refractivity contribution < 1.29 is 23.5 Å². The van der Waals surface area contributed by atoms with Crippen molar-refractivity contribution in [1.29, 1.82) is 0 Å². The maximum absolute atomic E-state index is 13.9. The number of methoxy groups -OCH3 is 1. The molecule has 0 fully saturated rings. The number of aryl methyl sites for hydroxylation is 1. The van der Waals surface area contributed by atoms with E-state index < -0.39 is 0 Å². The highest BCUT2D eigenvalue weighted by atomic mass is 32.2. The summed E-state index contributed by atoms with van der Waals surface area (Å²) in [7, 11) is 1.63. The van der Waals surface area contributed by atoms with Crippen LogP contribution in [0.5, 0.6) is 11.5 Å². The third-order valence-corrected chi connectivity index (χ3v) is 8.55. The van der Waals surface area contributed by atoms with E-state index >= 15 is 0 Å². The predicted octanol–water partition coefficient (Wildman–Crippen LogP) is 5.98. The highest BCUT2D eigenvalue weighted by Crippen LogP contribution is 2.34. The second-order valence-corrected chi connectivity index (χ2v) is 11.7. The third kappa shape index (κ3) is 7.23. The van der Waals surface area contributed by atoms with Crippen molar-refractivity contribution in [3.63, 3.8) is 0 Å². The highest BCUT2D eigenvalue weighted by Gasteiger charge is 2.33. The molecule has 1 atom stereocenters. The summed E-state index contributed by atoms with van der Waals surface area (Å²) in [6.45, 7) is 4.59. The zero-order chi connectivity index (χ0) is 32.8. The normalized spacial score (nSPS) is 14.1. The minimum atomic E-state index is -0.373. The van der Waals surface area contributed by atoms with Gasteiger partial charge in [-0.15, -0.1) is 10.2 Å². The number of aromatic nitrogens is 3. The average Bonchev–Trinajstić information content (AvgIpc) is 3.88. The van der Waals surface area contributed by atoms with E-state index in [4.69, 9.17) is 19.0 Å². The molecule has 0 saturated carbocycles. The fraction of sp³-hybridized carbons (Fsp3) is 0.229. The number of carbonyl (C=O) groups excluding carboxylic acids is 2. The molecular weight excluding hydrogens is 616 g/mol. The molecule has 1 aliphatic rings. The van der Waals surface area contributed by atoms with Gasteiger partial charge in [-0.05, 0) is 85.6 Å². The summed E-state index contributed by atoms with van der Waals surface area (Å²) in [5.41, 5.74) is 4.66. The van der Waals surface area contributed by atoms with Gasteiger partial charge in [0.1, 0.15) is 11.5 Å². The van der Waals surface area contributed by atoms with Crippen LogP contribution in [-0.2, 0) is 11.3 Å². The van der Waals surface area contributed by atoms with Gasteiger partial charge in [-0.3, -0.25) is 14.2 Å². The smallest absolute Gasteiger partial charge is 0.287 e. The minimum Gasteiger partial charge on any atom is -0.497 e.